The summed E-state index contributed by atoms with van der Waals surface area (Å²) in [5, 5.41) is 20.5. The number of tetrazole rings is 1. The van der Waals surface area contributed by atoms with Gasteiger partial charge < -0.3 is 5.11 Å². The van der Waals surface area contributed by atoms with Gasteiger partial charge in [0.2, 0.25) is 5.16 Å². The van der Waals surface area contributed by atoms with Crippen LogP contribution in [-0.2, 0) is 11.3 Å². The molecule has 0 atom stereocenters. The molecule has 0 amide bonds. The van der Waals surface area contributed by atoms with Crippen molar-refractivity contribution in [2.75, 3.05) is 12.0 Å². The normalized spacial score (nSPS) is 17.3. The van der Waals surface area contributed by atoms with Crippen molar-refractivity contribution in [2.45, 2.75) is 29.3 Å². The maximum Gasteiger partial charge on any atom is 0.313 e. The molecule has 0 aliphatic heterocycles. The highest BCUT2D eigenvalue weighted by atomic mass is 32.2. The molecule has 6 nitrogen and oxygen atoms in total. The van der Waals surface area contributed by atoms with Crippen molar-refractivity contribution in [3.05, 3.63) is 0 Å². The lowest BCUT2D eigenvalue weighted by Crippen LogP contribution is -2.16. The van der Waals surface area contributed by atoms with Crippen LogP contribution in [0.2, 0.25) is 0 Å². The van der Waals surface area contributed by atoms with Gasteiger partial charge in [-0.25, -0.2) is 4.68 Å². The summed E-state index contributed by atoms with van der Waals surface area (Å²) in [5.41, 5.74) is 0. The van der Waals surface area contributed by atoms with E-state index in [1.807, 2.05) is 11.8 Å². The van der Waals surface area contributed by atoms with Gasteiger partial charge in [0.25, 0.3) is 0 Å². The molecular weight excluding hydrogens is 248 g/mol. The summed E-state index contributed by atoms with van der Waals surface area (Å²) in [4.78, 5) is 10.5. The van der Waals surface area contributed by atoms with Gasteiger partial charge in [-0.1, -0.05) is 11.8 Å². The second-order valence-electron chi connectivity index (χ2n) is 3.69. The third kappa shape index (κ3) is 2.67. The first kappa shape index (κ1) is 11.7. The number of aromatic nitrogens is 4. The Bertz CT molecular complexity index is 391. The van der Waals surface area contributed by atoms with Crippen LogP contribution in [0.15, 0.2) is 5.16 Å². The molecular formula is C8H12N4O2S2. The average molecular weight is 260 g/mol. The summed E-state index contributed by atoms with van der Waals surface area (Å²) >= 11 is 2.99. The fourth-order valence-corrected chi connectivity index (χ4v) is 2.72. The molecule has 1 aromatic rings. The van der Waals surface area contributed by atoms with Gasteiger partial charge in [-0.2, -0.15) is 11.8 Å². The van der Waals surface area contributed by atoms with Crippen LogP contribution in [0.25, 0.3) is 0 Å². The van der Waals surface area contributed by atoms with Crippen LogP contribution >= 0.6 is 23.5 Å². The quantitative estimate of drug-likeness (QED) is 0.756. The Morgan fingerprint density at radius 1 is 1.62 bits per heavy atom. The van der Waals surface area contributed by atoms with Crippen LogP contribution in [-0.4, -0.2) is 48.0 Å². The van der Waals surface area contributed by atoms with Crippen molar-refractivity contribution in [2.24, 2.45) is 0 Å². The molecule has 0 bridgehead atoms. The summed E-state index contributed by atoms with van der Waals surface area (Å²) in [6.07, 6.45) is 4.44. The molecule has 1 aromatic heterocycles. The van der Waals surface area contributed by atoms with Gasteiger partial charge in [0.1, 0.15) is 0 Å². The molecule has 1 aliphatic rings. The molecule has 0 radical (unpaired) electrons. The van der Waals surface area contributed by atoms with E-state index in [4.69, 9.17) is 5.11 Å². The van der Waals surface area contributed by atoms with Crippen LogP contribution in [0.5, 0.6) is 0 Å². The Balaban J connectivity index is 1.99. The van der Waals surface area contributed by atoms with Crippen molar-refractivity contribution >= 4 is 29.5 Å². The standard InChI is InChI=1S/C8H12N4O2S2/c1-15-8(2-3-8)5-12-7(9-10-11-12)16-4-6(13)14/h2-5H2,1H3,(H,13,14). The number of thioether (sulfide) groups is 2. The zero-order valence-electron chi connectivity index (χ0n) is 8.79. The first-order chi connectivity index (χ1) is 7.65. The minimum absolute atomic E-state index is 0.00730. The van der Waals surface area contributed by atoms with E-state index >= 15 is 0 Å². The monoisotopic (exact) mass is 260 g/mol. The predicted octanol–water partition coefficient (Wildman–Crippen LogP) is 0.745. The Morgan fingerprint density at radius 2 is 2.38 bits per heavy atom. The van der Waals surface area contributed by atoms with Gasteiger partial charge >= 0.3 is 5.97 Å². The largest absolute Gasteiger partial charge is 0.481 e. The van der Waals surface area contributed by atoms with Crippen LogP contribution in [0.3, 0.4) is 0 Å². The number of carbonyl (C=O) groups is 1. The molecule has 0 saturated heterocycles. The molecule has 16 heavy (non-hydrogen) atoms. The van der Waals surface area contributed by atoms with E-state index in [1.165, 1.54) is 12.8 Å². The van der Waals surface area contributed by atoms with Crippen molar-refractivity contribution in [3.8, 4) is 0 Å². The average Bonchev–Trinajstić information content (AvgIpc) is 2.88. The second-order valence-corrected chi connectivity index (χ2v) is 5.91. The van der Waals surface area contributed by atoms with E-state index in [2.05, 4.69) is 21.8 Å². The van der Waals surface area contributed by atoms with Crippen LogP contribution in [0, 0.1) is 0 Å². The van der Waals surface area contributed by atoms with Crippen LogP contribution in [0.1, 0.15) is 12.8 Å². The highest BCUT2D eigenvalue weighted by molar-refractivity contribution is 8.00. The number of rotatable bonds is 6. The number of hydrogen-bond acceptors (Lipinski definition) is 6. The number of aliphatic carboxylic acids is 1. The van der Waals surface area contributed by atoms with Gasteiger partial charge in [-0.3, -0.25) is 4.79 Å². The van der Waals surface area contributed by atoms with Crippen molar-refractivity contribution in [1.29, 1.82) is 0 Å². The van der Waals surface area contributed by atoms with E-state index in [1.54, 1.807) is 4.68 Å². The summed E-state index contributed by atoms with van der Waals surface area (Å²) in [5.74, 6) is -0.863. The maximum atomic E-state index is 10.5. The molecule has 0 spiro atoms. The molecule has 88 valence electrons. The van der Waals surface area contributed by atoms with E-state index in [0.29, 0.717) is 5.16 Å². The molecule has 1 N–H and O–H groups in total. The molecule has 0 aromatic carbocycles. The van der Waals surface area contributed by atoms with Gasteiger partial charge in [0.15, 0.2) is 0 Å². The number of carboxylic acids is 1. The third-order valence-electron chi connectivity index (χ3n) is 2.50. The molecule has 1 saturated carbocycles. The number of hydrogen-bond donors (Lipinski definition) is 1. The molecule has 1 fully saturated rings. The lowest BCUT2D eigenvalue weighted by atomic mass is 10.4. The Kier molecular flexibility index (Phi) is 3.38. The van der Waals surface area contributed by atoms with Gasteiger partial charge in [-0.15, -0.1) is 5.10 Å². The van der Waals surface area contributed by atoms with E-state index in [9.17, 15) is 4.79 Å². The third-order valence-corrected chi connectivity index (χ3v) is 4.85. The van der Waals surface area contributed by atoms with E-state index in [0.717, 1.165) is 18.3 Å². The summed E-state index contributed by atoms with van der Waals surface area (Å²) in [6.45, 7) is 0.767. The SMILES string of the molecule is CSC1(Cn2nnnc2SCC(=O)O)CC1. The first-order valence-corrected chi connectivity index (χ1v) is 7.02. The van der Waals surface area contributed by atoms with Gasteiger partial charge in [0.05, 0.1) is 12.3 Å². The Labute approximate surface area is 101 Å². The van der Waals surface area contributed by atoms with E-state index < -0.39 is 5.97 Å². The van der Waals surface area contributed by atoms with Crippen molar-refractivity contribution in [3.63, 3.8) is 0 Å². The molecule has 0 unspecified atom stereocenters. The zero-order valence-corrected chi connectivity index (χ0v) is 10.4. The molecule has 2 rings (SSSR count). The lowest BCUT2D eigenvalue weighted by Gasteiger charge is -2.11. The van der Waals surface area contributed by atoms with E-state index in [-0.39, 0.29) is 10.5 Å². The number of nitrogens with zero attached hydrogens (tertiary/aromatic N) is 4. The maximum absolute atomic E-state index is 10.5. The summed E-state index contributed by atoms with van der Waals surface area (Å²) in [6, 6.07) is 0. The first-order valence-electron chi connectivity index (χ1n) is 4.81. The second kappa shape index (κ2) is 4.62. The fourth-order valence-electron chi connectivity index (χ4n) is 1.36. The Morgan fingerprint density at radius 3 is 2.94 bits per heavy atom. The lowest BCUT2D eigenvalue weighted by molar-refractivity contribution is -0.133. The van der Waals surface area contributed by atoms with Crippen molar-refractivity contribution < 1.29 is 9.90 Å². The van der Waals surface area contributed by atoms with Crippen LogP contribution < -0.4 is 0 Å². The van der Waals surface area contributed by atoms with Crippen LogP contribution in [0.4, 0.5) is 0 Å². The van der Waals surface area contributed by atoms with Crippen molar-refractivity contribution in [1.82, 2.24) is 20.2 Å². The highest BCUT2D eigenvalue weighted by Crippen LogP contribution is 2.48. The van der Waals surface area contributed by atoms with Gasteiger partial charge in [0, 0.05) is 4.75 Å². The molecule has 1 heterocycles. The van der Waals surface area contributed by atoms with Gasteiger partial charge in [-0.05, 0) is 29.5 Å². The minimum Gasteiger partial charge on any atom is -0.481 e. The molecule has 8 heteroatoms. The topological polar surface area (TPSA) is 80.9 Å². The fraction of sp³-hybridized carbons (Fsp3) is 0.750. The molecule has 1 aliphatic carbocycles. The smallest absolute Gasteiger partial charge is 0.313 e. The Hall–Kier alpha value is -0.760. The minimum atomic E-state index is -0.856. The summed E-state index contributed by atoms with van der Waals surface area (Å²) in [7, 11) is 0. The highest BCUT2D eigenvalue weighted by Gasteiger charge is 2.43. The summed E-state index contributed by atoms with van der Waals surface area (Å²) < 4.78 is 1.98. The zero-order chi connectivity index (χ0) is 11.6. The number of carboxylic acid groups (broad SMARTS) is 1. The predicted molar refractivity (Wildman–Crippen MR) is 61.7 cm³/mol.